The van der Waals surface area contributed by atoms with E-state index < -0.39 is 0 Å². The molecule has 1 aliphatic rings. The van der Waals surface area contributed by atoms with Crippen molar-refractivity contribution >= 4 is 5.78 Å². The number of hydrogen-bond donors (Lipinski definition) is 1. The molecule has 1 aromatic heterocycles. The van der Waals surface area contributed by atoms with Gasteiger partial charge in [-0.05, 0) is 30.9 Å². The zero-order chi connectivity index (χ0) is 15.2. The molecule has 4 nitrogen and oxygen atoms in total. The van der Waals surface area contributed by atoms with Gasteiger partial charge in [0.1, 0.15) is 11.9 Å². The molecule has 4 heteroatoms. The standard InChI is InChI=1S/C17H26N2O2/c1-4-15(20)6-5-13-7-8-18-17(9-13)21-16-10-14(11-16)19-12(2)3/h7-9,12,14,16,19H,4-6,10-11H2,1-3H3/t14-,16-. The number of pyridine rings is 1. The molecule has 0 unspecified atom stereocenters. The molecule has 1 heterocycles. The smallest absolute Gasteiger partial charge is 0.213 e. The Bertz CT molecular complexity index is 468. The molecule has 2 rings (SSSR count). The zero-order valence-electron chi connectivity index (χ0n) is 13.3. The van der Waals surface area contributed by atoms with Gasteiger partial charge in [-0.25, -0.2) is 4.98 Å². The summed E-state index contributed by atoms with van der Waals surface area (Å²) >= 11 is 0. The Hall–Kier alpha value is -1.42. The number of carbonyl (C=O) groups is 1. The van der Waals surface area contributed by atoms with Crippen molar-refractivity contribution in [2.24, 2.45) is 0 Å². The molecular weight excluding hydrogens is 264 g/mol. The van der Waals surface area contributed by atoms with Crippen LogP contribution in [-0.2, 0) is 11.2 Å². The van der Waals surface area contributed by atoms with Gasteiger partial charge in [0.2, 0.25) is 5.88 Å². The topological polar surface area (TPSA) is 51.2 Å². The van der Waals surface area contributed by atoms with E-state index in [1.807, 2.05) is 19.1 Å². The molecule has 116 valence electrons. The second-order valence-electron chi connectivity index (χ2n) is 6.12. The molecular formula is C17H26N2O2. The molecule has 0 spiro atoms. The predicted octanol–water partition coefficient (Wildman–Crippen LogP) is 2.90. The van der Waals surface area contributed by atoms with Crippen LogP contribution < -0.4 is 10.1 Å². The second-order valence-corrected chi connectivity index (χ2v) is 6.12. The SMILES string of the molecule is CCC(=O)CCc1ccnc(O[C@H]2C[C@H](NC(C)C)C2)c1. The van der Waals surface area contributed by atoms with Crippen molar-refractivity contribution < 1.29 is 9.53 Å². The summed E-state index contributed by atoms with van der Waals surface area (Å²) in [7, 11) is 0. The van der Waals surface area contributed by atoms with Crippen molar-refractivity contribution in [1.82, 2.24) is 10.3 Å². The van der Waals surface area contributed by atoms with Gasteiger partial charge in [0.15, 0.2) is 0 Å². The number of aromatic nitrogens is 1. The summed E-state index contributed by atoms with van der Waals surface area (Å²) in [5.41, 5.74) is 1.12. The number of ether oxygens (including phenoxy) is 1. The minimum Gasteiger partial charge on any atom is -0.474 e. The summed E-state index contributed by atoms with van der Waals surface area (Å²) in [5.74, 6) is 0.986. The monoisotopic (exact) mass is 290 g/mol. The van der Waals surface area contributed by atoms with E-state index in [0.29, 0.717) is 36.6 Å². The number of rotatable bonds is 8. The van der Waals surface area contributed by atoms with E-state index in [-0.39, 0.29) is 6.10 Å². The summed E-state index contributed by atoms with van der Waals surface area (Å²) in [6, 6.07) is 5.01. The second kappa shape index (κ2) is 7.55. The maximum Gasteiger partial charge on any atom is 0.213 e. The first-order valence-electron chi connectivity index (χ1n) is 7.96. The van der Waals surface area contributed by atoms with Crippen LogP contribution in [0.5, 0.6) is 5.88 Å². The highest BCUT2D eigenvalue weighted by atomic mass is 16.5. The summed E-state index contributed by atoms with van der Waals surface area (Å²) in [6.07, 6.45) is 6.10. The Kier molecular flexibility index (Phi) is 5.74. The van der Waals surface area contributed by atoms with E-state index in [9.17, 15) is 4.79 Å². The molecule has 0 aromatic carbocycles. The summed E-state index contributed by atoms with van der Waals surface area (Å²) in [5, 5.41) is 3.51. The third-order valence-electron chi connectivity index (χ3n) is 3.84. The first kappa shape index (κ1) is 16.0. The van der Waals surface area contributed by atoms with E-state index in [4.69, 9.17) is 4.74 Å². The highest BCUT2D eigenvalue weighted by Crippen LogP contribution is 2.25. The molecule has 0 radical (unpaired) electrons. The lowest BCUT2D eigenvalue weighted by Gasteiger charge is -2.36. The van der Waals surface area contributed by atoms with E-state index in [0.717, 1.165) is 24.8 Å². The molecule has 1 aliphatic carbocycles. The lowest BCUT2D eigenvalue weighted by Crippen LogP contribution is -2.49. The molecule has 1 N–H and O–H groups in total. The van der Waals surface area contributed by atoms with Gasteiger partial charge in [0, 0.05) is 37.2 Å². The molecule has 0 amide bonds. The number of nitrogens with one attached hydrogen (secondary N) is 1. The third-order valence-corrected chi connectivity index (χ3v) is 3.84. The van der Waals surface area contributed by atoms with Gasteiger partial charge in [-0.15, -0.1) is 0 Å². The number of nitrogens with zero attached hydrogens (tertiary/aromatic N) is 1. The molecule has 21 heavy (non-hydrogen) atoms. The fourth-order valence-electron chi connectivity index (χ4n) is 2.57. The zero-order valence-corrected chi connectivity index (χ0v) is 13.3. The normalized spacial score (nSPS) is 21.1. The lowest BCUT2D eigenvalue weighted by atomic mass is 9.89. The Morgan fingerprint density at radius 2 is 2.24 bits per heavy atom. The minimum atomic E-state index is 0.265. The molecule has 1 saturated carbocycles. The van der Waals surface area contributed by atoms with Crippen molar-refractivity contribution in [3.8, 4) is 5.88 Å². The van der Waals surface area contributed by atoms with Gasteiger partial charge >= 0.3 is 0 Å². The van der Waals surface area contributed by atoms with Crippen molar-refractivity contribution in [3.05, 3.63) is 23.9 Å². The van der Waals surface area contributed by atoms with Crippen LogP contribution in [0.4, 0.5) is 0 Å². The fourth-order valence-corrected chi connectivity index (χ4v) is 2.57. The number of hydrogen-bond acceptors (Lipinski definition) is 4. The molecule has 1 aromatic rings. The molecule has 0 saturated heterocycles. The lowest BCUT2D eigenvalue weighted by molar-refractivity contribution is -0.118. The Balaban J connectivity index is 1.78. The quantitative estimate of drug-likeness (QED) is 0.800. The molecule has 1 fully saturated rings. The van der Waals surface area contributed by atoms with Crippen LogP contribution in [0.3, 0.4) is 0 Å². The first-order chi connectivity index (χ1) is 10.1. The van der Waals surface area contributed by atoms with Crippen molar-refractivity contribution in [2.75, 3.05) is 0 Å². The van der Waals surface area contributed by atoms with Gasteiger partial charge in [0.25, 0.3) is 0 Å². The average molecular weight is 290 g/mol. The van der Waals surface area contributed by atoms with E-state index in [1.54, 1.807) is 6.20 Å². The number of carbonyl (C=O) groups excluding carboxylic acids is 1. The highest BCUT2D eigenvalue weighted by Gasteiger charge is 2.31. The summed E-state index contributed by atoms with van der Waals surface area (Å²) in [4.78, 5) is 15.6. The summed E-state index contributed by atoms with van der Waals surface area (Å²) in [6.45, 7) is 6.23. The first-order valence-corrected chi connectivity index (χ1v) is 7.96. The maximum absolute atomic E-state index is 11.4. The van der Waals surface area contributed by atoms with E-state index in [2.05, 4.69) is 24.1 Å². The minimum absolute atomic E-state index is 0.265. The van der Waals surface area contributed by atoms with Crippen LogP contribution in [0.25, 0.3) is 0 Å². The maximum atomic E-state index is 11.4. The van der Waals surface area contributed by atoms with E-state index in [1.165, 1.54) is 0 Å². The van der Waals surface area contributed by atoms with Crippen LogP contribution in [-0.4, -0.2) is 29.0 Å². The van der Waals surface area contributed by atoms with Gasteiger partial charge < -0.3 is 10.1 Å². The largest absolute Gasteiger partial charge is 0.474 e. The predicted molar refractivity (Wildman–Crippen MR) is 83.6 cm³/mol. The van der Waals surface area contributed by atoms with Gasteiger partial charge in [-0.1, -0.05) is 20.8 Å². The van der Waals surface area contributed by atoms with Gasteiger partial charge in [-0.2, -0.15) is 0 Å². The Labute approximate surface area is 127 Å². The molecule has 0 bridgehead atoms. The van der Waals surface area contributed by atoms with Crippen LogP contribution in [0.15, 0.2) is 18.3 Å². The van der Waals surface area contributed by atoms with Gasteiger partial charge in [0.05, 0.1) is 0 Å². The van der Waals surface area contributed by atoms with Crippen LogP contribution in [0, 0.1) is 0 Å². The number of ketones is 1. The van der Waals surface area contributed by atoms with E-state index >= 15 is 0 Å². The molecule has 0 aliphatic heterocycles. The fraction of sp³-hybridized carbons (Fsp3) is 0.647. The highest BCUT2D eigenvalue weighted by molar-refractivity contribution is 5.78. The number of aryl methyl sites for hydroxylation is 1. The summed E-state index contributed by atoms with van der Waals surface area (Å²) < 4.78 is 5.90. The van der Waals surface area contributed by atoms with Crippen LogP contribution >= 0.6 is 0 Å². The van der Waals surface area contributed by atoms with Gasteiger partial charge in [-0.3, -0.25) is 4.79 Å². The van der Waals surface area contributed by atoms with Crippen molar-refractivity contribution in [3.63, 3.8) is 0 Å². The van der Waals surface area contributed by atoms with Crippen molar-refractivity contribution in [1.29, 1.82) is 0 Å². The van der Waals surface area contributed by atoms with Crippen molar-refractivity contribution in [2.45, 2.75) is 71.1 Å². The average Bonchev–Trinajstić information content (AvgIpc) is 2.42. The Morgan fingerprint density at radius 3 is 2.90 bits per heavy atom. The Morgan fingerprint density at radius 1 is 1.48 bits per heavy atom. The third kappa shape index (κ3) is 5.12. The molecule has 0 atom stereocenters. The number of Topliss-reactive ketones (excluding diaryl/α,β-unsaturated/α-hetero) is 1. The van der Waals surface area contributed by atoms with Crippen LogP contribution in [0.2, 0.25) is 0 Å². The van der Waals surface area contributed by atoms with Crippen LogP contribution in [0.1, 0.15) is 52.0 Å².